The molecule has 0 rings (SSSR count). The van der Waals surface area contributed by atoms with Crippen molar-refractivity contribution < 1.29 is 4.79 Å². The van der Waals surface area contributed by atoms with Crippen LogP contribution in [0.3, 0.4) is 0 Å². The molecule has 4 heteroatoms. The van der Waals surface area contributed by atoms with Crippen molar-refractivity contribution in [3.05, 3.63) is 0 Å². The molecule has 1 amide bonds. The van der Waals surface area contributed by atoms with Crippen molar-refractivity contribution in [1.82, 2.24) is 10.2 Å². The van der Waals surface area contributed by atoms with Gasteiger partial charge in [-0.3, -0.25) is 4.79 Å². The molecule has 0 bridgehead atoms. The monoisotopic (exact) mass is 292 g/mol. The van der Waals surface area contributed by atoms with Crippen LogP contribution in [-0.4, -0.2) is 41.8 Å². The lowest BCUT2D eigenvalue weighted by molar-refractivity contribution is -0.121. The van der Waals surface area contributed by atoms with E-state index in [1.165, 1.54) is 0 Å². The summed E-state index contributed by atoms with van der Waals surface area (Å²) in [5, 5.41) is 2.96. The summed E-state index contributed by atoms with van der Waals surface area (Å²) in [6.07, 6.45) is 1.16. The Hall–Kier alpha value is -0.0900. The van der Waals surface area contributed by atoms with E-state index in [1.807, 2.05) is 13.8 Å². The highest BCUT2D eigenvalue weighted by Gasteiger charge is 2.17. The van der Waals surface area contributed by atoms with Crippen molar-refractivity contribution in [2.24, 2.45) is 5.92 Å². The van der Waals surface area contributed by atoms with Crippen molar-refractivity contribution in [2.75, 3.05) is 26.2 Å². The third-order valence-electron chi connectivity index (χ3n) is 2.55. The Morgan fingerprint density at radius 1 is 1.31 bits per heavy atom. The van der Waals surface area contributed by atoms with Crippen LogP contribution in [0.5, 0.6) is 0 Å². The number of carbonyl (C=O) groups is 1. The maximum absolute atomic E-state index is 11.6. The van der Waals surface area contributed by atoms with Gasteiger partial charge in [-0.15, -0.1) is 0 Å². The van der Waals surface area contributed by atoms with E-state index in [0.29, 0.717) is 5.92 Å². The van der Waals surface area contributed by atoms with Gasteiger partial charge in [0.2, 0.25) is 5.91 Å². The molecule has 96 valence electrons. The average molecular weight is 293 g/mol. The van der Waals surface area contributed by atoms with Crippen LogP contribution in [0.1, 0.15) is 34.1 Å². The molecular weight excluding hydrogens is 268 g/mol. The van der Waals surface area contributed by atoms with Crippen LogP contribution in [0.25, 0.3) is 0 Å². The van der Waals surface area contributed by atoms with E-state index in [9.17, 15) is 4.79 Å². The van der Waals surface area contributed by atoms with Gasteiger partial charge in [-0.1, -0.05) is 43.6 Å². The molecule has 0 aromatic rings. The average Bonchev–Trinajstić information content (AvgIpc) is 2.26. The highest BCUT2D eigenvalue weighted by Crippen LogP contribution is 2.11. The Morgan fingerprint density at radius 3 is 2.38 bits per heavy atom. The number of nitrogens with one attached hydrogen (secondary N) is 1. The molecule has 0 aliphatic rings. The Kier molecular flexibility index (Phi) is 8.94. The van der Waals surface area contributed by atoms with E-state index in [4.69, 9.17) is 0 Å². The fraction of sp³-hybridized carbons (Fsp3) is 0.917. The number of carbonyl (C=O) groups excluding carboxylic acids is 1. The van der Waals surface area contributed by atoms with Gasteiger partial charge in [-0.25, -0.2) is 0 Å². The highest BCUT2D eigenvalue weighted by atomic mass is 79.9. The molecule has 1 atom stereocenters. The first-order valence-electron chi connectivity index (χ1n) is 6.17. The maximum atomic E-state index is 11.6. The number of likely N-dealkylation sites (N-methyl/N-ethyl adjacent to an activating group) is 1. The summed E-state index contributed by atoms with van der Waals surface area (Å²) in [6, 6.07) is 0. The summed E-state index contributed by atoms with van der Waals surface area (Å²) < 4.78 is 0. The van der Waals surface area contributed by atoms with Gasteiger partial charge in [0.05, 0.1) is 4.83 Å². The minimum absolute atomic E-state index is 0.0752. The van der Waals surface area contributed by atoms with Crippen LogP contribution in [0.15, 0.2) is 0 Å². The van der Waals surface area contributed by atoms with Crippen molar-refractivity contribution in [3.63, 3.8) is 0 Å². The van der Waals surface area contributed by atoms with Crippen LogP contribution in [0, 0.1) is 5.92 Å². The van der Waals surface area contributed by atoms with Gasteiger partial charge in [0.25, 0.3) is 0 Å². The van der Waals surface area contributed by atoms with E-state index in [0.717, 1.165) is 32.6 Å². The molecule has 0 aliphatic heterocycles. The molecule has 0 saturated carbocycles. The Balaban J connectivity index is 3.75. The molecule has 0 saturated heterocycles. The molecule has 0 aromatic carbocycles. The minimum atomic E-state index is -0.0752. The van der Waals surface area contributed by atoms with Crippen LogP contribution in [0.4, 0.5) is 0 Å². The van der Waals surface area contributed by atoms with Crippen molar-refractivity contribution in [1.29, 1.82) is 0 Å². The maximum Gasteiger partial charge on any atom is 0.234 e. The van der Waals surface area contributed by atoms with E-state index in [-0.39, 0.29) is 10.7 Å². The highest BCUT2D eigenvalue weighted by molar-refractivity contribution is 9.10. The topological polar surface area (TPSA) is 32.3 Å². The lowest BCUT2D eigenvalue weighted by atomic mass is 10.1. The largest absolute Gasteiger partial charge is 0.354 e. The van der Waals surface area contributed by atoms with Crippen LogP contribution >= 0.6 is 15.9 Å². The molecule has 0 radical (unpaired) electrons. The summed E-state index contributed by atoms with van der Waals surface area (Å²) in [5.41, 5.74) is 0. The second-order valence-corrected chi connectivity index (χ2v) is 5.36. The number of rotatable bonds is 8. The zero-order chi connectivity index (χ0) is 12.6. The summed E-state index contributed by atoms with van der Waals surface area (Å²) in [5.74, 6) is 0.431. The molecule has 16 heavy (non-hydrogen) atoms. The fourth-order valence-electron chi connectivity index (χ4n) is 1.48. The second kappa shape index (κ2) is 8.99. The van der Waals surface area contributed by atoms with E-state index in [1.54, 1.807) is 0 Å². The third-order valence-corrected chi connectivity index (χ3v) is 4.02. The zero-order valence-electron chi connectivity index (χ0n) is 10.9. The van der Waals surface area contributed by atoms with Crippen LogP contribution in [0.2, 0.25) is 0 Å². The number of nitrogens with zero attached hydrogens (tertiary/aromatic N) is 1. The normalized spacial score (nSPS) is 13.2. The van der Waals surface area contributed by atoms with Gasteiger partial charge >= 0.3 is 0 Å². The number of hydrogen-bond acceptors (Lipinski definition) is 2. The number of halogens is 1. The van der Waals surface area contributed by atoms with Crippen molar-refractivity contribution in [3.8, 4) is 0 Å². The SMILES string of the molecule is CCCN(CC)CCNC(=O)C(Br)C(C)C. The number of amides is 1. The molecule has 1 unspecified atom stereocenters. The number of alkyl halides is 1. The third kappa shape index (κ3) is 6.48. The van der Waals surface area contributed by atoms with Gasteiger partial charge in [-0.05, 0) is 25.4 Å². The second-order valence-electron chi connectivity index (χ2n) is 4.37. The summed E-state index contributed by atoms with van der Waals surface area (Å²) in [6.45, 7) is 12.2. The molecule has 0 heterocycles. The fourth-order valence-corrected chi connectivity index (χ4v) is 1.64. The molecule has 0 aliphatic carbocycles. The minimum Gasteiger partial charge on any atom is -0.354 e. The van der Waals surface area contributed by atoms with Gasteiger partial charge in [0.15, 0.2) is 0 Å². The quantitative estimate of drug-likeness (QED) is 0.696. The molecule has 0 fully saturated rings. The van der Waals surface area contributed by atoms with Gasteiger partial charge in [0, 0.05) is 13.1 Å². The van der Waals surface area contributed by atoms with Gasteiger partial charge in [-0.2, -0.15) is 0 Å². The predicted molar refractivity (Wildman–Crippen MR) is 73.0 cm³/mol. The van der Waals surface area contributed by atoms with Crippen molar-refractivity contribution >= 4 is 21.8 Å². The van der Waals surface area contributed by atoms with Gasteiger partial charge < -0.3 is 10.2 Å². The van der Waals surface area contributed by atoms with Crippen molar-refractivity contribution in [2.45, 2.75) is 38.9 Å². The Morgan fingerprint density at radius 2 is 1.94 bits per heavy atom. The first-order chi connectivity index (χ1) is 7.52. The first-order valence-corrected chi connectivity index (χ1v) is 7.08. The molecule has 0 spiro atoms. The lowest BCUT2D eigenvalue weighted by Gasteiger charge is -2.20. The molecule has 3 nitrogen and oxygen atoms in total. The lowest BCUT2D eigenvalue weighted by Crippen LogP contribution is -2.39. The standard InChI is InChI=1S/C12H25BrN2O/c1-5-8-15(6-2)9-7-14-12(16)11(13)10(3)4/h10-11H,5-9H2,1-4H3,(H,14,16). The predicted octanol–water partition coefficient (Wildman–Crippen LogP) is 2.25. The van der Waals surface area contributed by atoms with Gasteiger partial charge in [0.1, 0.15) is 0 Å². The van der Waals surface area contributed by atoms with E-state index < -0.39 is 0 Å². The Labute approximate surface area is 108 Å². The molecule has 1 N–H and O–H groups in total. The summed E-state index contributed by atoms with van der Waals surface area (Å²) in [7, 11) is 0. The number of hydrogen-bond donors (Lipinski definition) is 1. The van der Waals surface area contributed by atoms with E-state index >= 15 is 0 Å². The summed E-state index contributed by atoms with van der Waals surface area (Å²) >= 11 is 3.40. The first kappa shape index (κ1) is 15.9. The van der Waals surface area contributed by atoms with Crippen LogP contribution < -0.4 is 5.32 Å². The molecular formula is C12H25BrN2O. The van der Waals surface area contributed by atoms with Crippen LogP contribution in [-0.2, 0) is 4.79 Å². The smallest absolute Gasteiger partial charge is 0.234 e. The Bertz CT molecular complexity index is 197. The summed E-state index contributed by atoms with van der Waals surface area (Å²) in [4.78, 5) is 13.9. The van der Waals surface area contributed by atoms with E-state index in [2.05, 4.69) is 40.0 Å². The zero-order valence-corrected chi connectivity index (χ0v) is 12.5. The molecule has 0 aromatic heterocycles.